The number of halogens is 1. The smallest absolute Gasteiger partial charge is 0.250 e. The Morgan fingerprint density at radius 3 is 2.61 bits per heavy atom. The molecule has 9 heteroatoms. The molecule has 2 bridgehead atoms. The summed E-state index contributed by atoms with van der Waals surface area (Å²) in [5.41, 5.74) is -0.541. The summed E-state index contributed by atoms with van der Waals surface area (Å²) in [7, 11) is 0. The highest BCUT2D eigenvalue weighted by Crippen LogP contribution is 2.60. The molecule has 3 unspecified atom stereocenters. The summed E-state index contributed by atoms with van der Waals surface area (Å²) in [6.45, 7) is 6.24. The molecule has 8 nitrogen and oxygen atoms in total. The van der Waals surface area contributed by atoms with E-state index in [-0.39, 0.29) is 35.1 Å². The van der Waals surface area contributed by atoms with E-state index in [1.54, 1.807) is 0 Å². The molecule has 0 aromatic heterocycles. The Morgan fingerprint density at radius 2 is 1.92 bits per heavy atom. The van der Waals surface area contributed by atoms with Gasteiger partial charge in [0.05, 0.1) is 30.6 Å². The van der Waals surface area contributed by atoms with Crippen molar-refractivity contribution in [2.75, 3.05) is 18.5 Å². The lowest BCUT2D eigenvalue weighted by molar-refractivity contribution is -0.144. The number of fused-ring (bicyclic) bond motifs is 2. The number of benzene rings is 2. The van der Waals surface area contributed by atoms with Crippen LogP contribution in [0.2, 0.25) is 0 Å². The van der Waals surface area contributed by atoms with Gasteiger partial charge >= 0.3 is 0 Å². The molecule has 2 aromatic rings. The minimum absolute atomic E-state index is 0.169. The highest BCUT2D eigenvalue weighted by Gasteiger charge is 2.77. The standard InChI is InChI=1S/C29H36BrN3O5/c1-4-11-31-26(35)22-23-28(37)33(20(15-34)12-16(2)3)25(29(23)14-21(30)24(22)38-29)27(36)32-19-10-9-17-7-5-6-8-18(17)13-19/h5-10,13,16,20-25,34H,4,11-12,14-15H2,1-3H3,(H,31,35)(H,32,36)/t20-,21?,22+,23+,24+,25?,29?/m1/s1. The largest absolute Gasteiger partial charge is 0.394 e. The van der Waals surface area contributed by atoms with Crippen molar-refractivity contribution in [1.29, 1.82) is 0 Å². The summed E-state index contributed by atoms with van der Waals surface area (Å²) < 4.78 is 6.54. The first kappa shape index (κ1) is 27.1. The quantitative estimate of drug-likeness (QED) is 0.391. The van der Waals surface area contributed by atoms with Crippen molar-refractivity contribution in [1.82, 2.24) is 10.2 Å². The van der Waals surface area contributed by atoms with Gasteiger partial charge in [-0.1, -0.05) is 67.0 Å². The highest BCUT2D eigenvalue weighted by atomic mass is 79.9. The molecule has 0 radical (unpaired) electrons. The van der Waals surface area contributed by atoms with Gasteiger partial charge in [-0.2, -0.15) is 0 Å². The number of ether oxygens (including phenoxy) is 1. The molecule has 3 N–H and O–H groups in total. The van der Waals surface area contributed by atoms with Crippen LogP contribution in [0.4, 0.5) is 5.69 Å². The SMILES string of the molecule is CCCNC(=O)[C@H]1[C@H]2C(=O)N([C@@H](CO)CC(C)C)C(C(=O)Nc3ccc4ccccc4c3)C23CC(Br)[C@@H]1O3. The van der Waals surface area contributed by atoms with E-state index < -0.39 is 35.6 Å². The van der Waals surface area contributed by atoms with Crippen LogP contribution in [0.1, 0.15) is 40.0 Å². The van der Waals surface area contributed by atoms with Crippen LogP contribution in [-0.4, -0.2) is 69.5 Å². The van der Waals surface area contributed by atoms with Crippen molar-refractivity contribution in [2.45, 2.75) is 68.6 Å². The lowest BCUT2D eigenvalue weighted by Crippen LogP contribution is -2.57. The molecule has 3 amide bonds. The van der Waals surface area contributed by atoms with Gasteiger partial charge in [0.2, 0.25) is 17.7 Å². The van der Waals surface area contributed by atoms with Crippen LogP contribution in [0.15, 0.2) is 42.5 Å². The van der Waals surface area contributed by atoms with Crippen LogP contribution in [-0.2, 0) is 19.1 Å². The average molecular weight is 587 g/mol. The van der Waals surface area contributed by atoms with E-state index in [0.29, 0.717) is 25.1 Å². The van der Waals surface area contributed by atoms with Gasteiger partial charge in [0.1, 0.15) is 11.6 Å². The van der Waals surface area contributed by atoms with Crippen LogP contribution in [0.5, 0.6) is 0 Å². The van der Waals surface area contributed by atoms with Crippen molar-refractivity contribution in [3.8, 4) is 0 Å². The number of rotatable bonds is 9. The Bertz CT molecular complexity index is 1240. The molecule has 2 aromatic carbocycles. The van der Waals surface area contributed by atoms with Gasteiger partial charge in [0.15, 0.2) is 0 Å². The first-order valence-electron chi connectivity index (χ1n) is 13.5. The number of amides is 3. The lowest BCUT2D eigenvalue weighted by Gasteiger charge is -2.37. The third-order valence-corrected chi connectivity index (χ3v) is 9.04. The third kappa shape index (κ3) is 4.42. The normalized spacial score (nSPS) is 30.6. The number of nitrogens with one attached hydrogen (secondary N) is 2. The summed E-state index contributed by atoms with van der Waals surface area (Å²) in [5.74, 6) is -2.18. The van der Waals surface area contributed by atoms with E-state index in [1.807, 2.05) is 63.2 Å². The Hall–Kier alpha value is -2.49. The van der Waals surface area contributed by atoms with Gasteiger partial charge < -0.3 is 25.4 Å². The number of hydrogen-bond acceptors (Lipinski definition) is 5. The number of carbonyl (C=O) groups is 3. The number of aliphatic hydroxyl groups is 1. The highest BCUT2D eigenvalue weighted by molar-refractivity contribution is 9.09. The first-order valence-corrected chi connectivity index (χ1v) is 14.5. The Morgan fingerprint density at radius 1 is 1.18 bits per heavy atom. The van der Waals surface area contributed by atoms with Crippen molar-refractivity contribution >= 4 is 50.1 Å². The van der Waals surface area contributed by atoms with Crippen LogP contribution in [0.3, 0.4) is 0 Å². The predicted molar refractivity (Wildman–Crippen MR) is 149 cm³/mol. The van der Waals surface area contributed by atoms with Gasteiger partial charge in [-0.05, 0) is 48.1 Å². The second-order valence-corrected chi connectivity index (χ2v) is 12.4. The van der Waals surface area contributed by atoms with Crippen LogP contribution in [0, 0.1) is 17.8 Å². The summed E-state index contributed by atoms with van der Waals surface area (Å²) in [6, 6.07) is 12.0. The molecule has 204 valence electrons. The molecule has 3 saturated heterocycles. The number of nitrogens with zero attached hydrogens (tertiary/aromatic N) is 1. The predicted octanol–water partition coefficient (Wildman–Crippen LogP) is 3.46. The third-order valence-electron chi connectivity index (χ3n) is 8.19. The maximum absolute atomic E-state index is 14.2. The van der Waals surface area contributed by atoms with E-state index >= 15 is 0 Å². The van der Waals surface area contributed by atoms with E-state index in [2.05, 4.69) is 26.6 Å². The molecule has 1 spiro atoms. The molecule has 5 rings (SSSR count). The van der Waals surface area contributed by atoms with Gasteiger partial charge in [-0.3, -0.25) is 14.4 Å². The van der Waals surface area contributed by atoms with Crippen LogP contribution in [0.25, 0.3) is 10.8 Å². The second-order valence-electron chi connectivity index (χ2n) is 11.2. The molecule has 3 aliphatic rings. The number of likely N-dealkylation sites (tertiary alicyclic amines) is 1. The second kappa shape index (κ2) is 10.6. The Labute approximate surface area is 231 Å². The fourth-order valence-electron chi connectivity index (χ4n) is 6.72. The molecular formula is C29H36BrN3O5. The number of anilines is 1. The zero-order valence-electron chi connectivity index (χ0n) is 22.0. The molecule has 3 heterocycles. The monoisotopic (exact) mass is 585 g/mol. The summed E-state index contributed by atoms with van der Waals surface area (Å²) in [6.07, 6.45) is 1.22. The minimum Gasteiger partial charge on any atom is -0.394 e. The topological polar surface area (TPSA) is 108 Å². The van der Waals surface area contributed by atoms with Crippen molar-refractivity contribution in [3.05, 3.63) is 42.5 Å². The molecule has 0 saturated carbocycles. The summed E-state index contributed by atoms with van der Waals surface area (Å²) in [4.78, 5) is 42.9. The Balaban J connectivity index is 1.54. The Kier molecular flexibility index (Phi) is 7.55. The molecule has 0 aliphatic carbocycles. The fourth-order valence-corrected chi connectivity index (χ4v) is 7.67. The minimum atomic E-state index is -1.16. The van der Waals surface area contributed by atoms with Gasteiger partial charge in [0.25, 0.3) is 0 Å². The molecule has 7 atom stereocenters. The number of alkyl halides is 1. The first-order chi connectivity index (χ1) is 18.2. The van der Waals surface area contributed by atoms with E-state index in [1.165, 1.54) is 4.90 Å². The van der Waals surface area contributed by atoms with Gasteiger partial charge in [0, 0.05) is 17.1 Å². The number of carbonyl (C=O) groups excluding carboxylic acids is 3. The number of aliphatic hydroxyl groups excluding tert-OH is 1. The van der Waals surface area contributed by atoms with Gasteiger partial charge in [-0.15, -0.1) is 0 Å². The van der Waals surface area contributed by atoms with Crippen molar-refractivity contribution < 1.29 is 24.2 Å². The summed E-state index contributed by atoms with van der Waals surface area (Å²) >= 11 is 3.69. The van der Waals surface area contributed by atoms with Crippen LogP contribution >= 0.6 is 15.9 Å². The molecule has 3 aliphatic heterocycles. The fraction of sp³-hybridized carbons (Fsp3) is 0.552. The summed E-state index contributed by atoms with van der Waals surface area (Å²) in [5, 5.41) is 18.4. The maximum Gasteiger partial charge on any atom is 0.250 e. The molecular weight excluding hydrogens is 550 g/mol. The maximum atomic E-state index is 14.2. The average Bonchev–Trinajstić information content (AvgIpc) is 3.49. The zero-order valence-corrected chi connectivity index (χ0v) is 23.6. The van der Waals surface area contributed by atoms with Crippen molar-refractivity contribution in [2.24, 2.45) is 17.8 Å². The zero-order chi connectivity index (χ0) is 27.2. The van der Waals surface area contributed by atoms with E-state index in [4.69, 9.17) is 4.74 Å². The molecule has 38 heavy (non-hydrogen) atoms. The number of hydrogen-bond donors (Lipinski definition) is 3. The van der Waals surface area contributed by atoms with E-state index in [9.17, 15) is 19.5 Å². The van der Waals surface area contributed by atoms with Gasteiger partial charge in [-0.25, -0.2) is 0 Å². The lowest BCUT2D eigenvalue weighted by atomic mass is 9.70. The van der Waals surface area contributed by atoms with Crippen molar-refractivity contribution in [3.63, 3.8) is 0 Å². The molecule has 3 fully saturated rings. The van der Waals surface area contributed by atoms with E-state index in [0.717, 1.165) is 17.2 Å². The van der Waals surface area contributed by atoms with Crippen LogP contribution < -0.4 is 10.6 Å².